The summed E-state index contributed by atoms with van der Waals surface area (Å²) in [5.74, 6) is 1.81. The van der Waals surface area contributed by atoms with Crippen LogP contribution in [0.1, 0.15) is 29.1 Å². The van der Waals surface area contributed by atoms with Gasteiger partial charge in [-0.25, -0.2) is 13.8 Å². The third-order valence-electron chi connectivity index (χ3n) is 5.19. The highest BCUT2D eigenvalue weighted by molar-refractivity contribution is 5.76. The summed E-state index contributed by atoms with van der Waals surface area (Å²) >= 11 is 0. The lowest BCUT2D eigenvalue weighted by Gasteiger charge is -2.10. The molecule has 4 aromatic rings. The van der Waals surface area contributed by atoms with Gasteiger partial charge in [0, 0.05) is 41.9 Å². The molecule has 0 N–H and O–H groups in total. The highest BCUT2D eigenvalue weighted by Gasteiger charge is 2.17. The Morgan fingerprint density at radius 1 is 1.07 bits per heavy atom. The van der Waals surface area contributed by atoms with Crippen LogP contribution < -0.4 is 4.74 Å². The summed E-state index contributed by atoms with van der Waals surface area (Å²) in [6.07, 6.45) is 4.63. The van der Waals surface area contributed by atoms with Crippen LogP contribution in [0.15, 0.2) is 49.1 Å². The number of halogens is 2. The summed E-state index contributed by atoms with van der Waals surface area (Å²) in [5, 5.41) is 8.22. The molecule has 6 nitrogen and oxygen atoms in total. The molecular formula is C21H17F2N5O. The molecule has 0 aliphatic carbocycles. The van der Waals surface area contributed by atoms with Gasteiger partial charge in [-0.15, -0.1) is 10.2 Å². The van der Waals surface area contributed by atoms with Gasteiger partial charge in [0.25, 0.3) is 6.43 Å². The Hall–Kier alpha value is -3.42. The summed E-state index contributed by atoms with van der Waals surface area (Å²) in [4.78, 5) is 8.43. The third-order valence-corrected chi connectivity index (χ3v) is 5.19. The summed E-state index contributed by atoms with van der Waals surface area (Å²) in [6, 6.07) is 9.07. The molecule has 29 heavy (non-hydrogen) atoms. The van der Waals surface area contributed by atoms with Crippen molar-refractivity contribution in [2.45, 2.75) is 25.7 Å². The van der Waals surface area contributed by atoms with Gasteiger partial charge in [-0.3, -0.25) is 9.38 Å². The van der Waals surface area contributed by atoms with Crippen molar-refractivity contribution in [2.24, 2.45) is 0 Å². The molecule has 0 atom stereocenters. The predicted molar refractivity (Wildman–Crippen MR) is 102 cm³/mol. The van der Waals surface area contributed by atoms with E-state index in [1.807, 2.05) is 16.5 Å². The Bertz CT molecular complexity index is 1170. The molecule has 1 aliphatic heterocycles. The average molecular weight is 393 g/mol. The van der Waals surface area contributed by atoms with Gasteiger partial charge in [0.2, 0.25) is 0 Å². The van der Waals surface area contributed by atoms with Crippen molar-refractivity contribution in [3.05, 3.63) is 71.7 Å². The number of nitrogens with zero attached hydrogens (tertiary/aromatic N) is 5. The number of aromatic nitrogens is 5. The maximum absolute atomic E-state index is 12.8. The Morgan fingerprint density at radius 2 is 2.00 bits per heavy atom. The number of pyridine rings is 1. The maximum atomic E-state index is 12.8. The summed E-state index contributed by atoms with van der Waals surface area (Å²) in [5.41, 5.74) is 4.28. The zero-order valence-corrected chi connectivity index (χ0v) is 15.4. The molecule has 0 fully saturated rings. The first kappa shape index (κ1) is 17.7. The molecule has 1 aromatic carbocycles. The van der Waals surface area contributed by atoms with Crippen LogP contribution in [0.5, 0.6) is 5.75 Å². The number of hydrogen-bond donors (Lipinski definition) is 0. The van der Waals surface area contributed by atoms with E-state index in [0.29, 0.717) is 23.2 Å². The van der Waals surface area contributed by atoms with E-state index in [2.05, 4.69) is 26.2 Å². The van der Waals surface area contributed by atoms with Crippen molar-refractivity contribution in [1.29, 1.82) is 0 Å². The van der Waals surface area contributed by atoms with Crippen molar-refractivity contribution < 1.29 is 13.5 Å². The number of alkyl halides is 2. The van der Waals surface area contributed by atoms with E-state index in [9.17, 15) is 8.78 Å². The summed E-state index contributed by atoms with van der Waals surface area (Å²) in [7, 11) is 0. The second-order valence-corrected chi connectivity index (χ2v) is 6.88. The second-order valence-electron chi connectivity index (χ2n) is 6.88. The number of ether oxygens (including phenoxy) is 1. The smallest absolute Gasteiger partial charge is 0.280 e. The molecule has 0 amide bonds. The molecule has 8 heteroatoms. The fraction of sp³-hybridized carbons (Fsp3) is 0.238. The molecule has 3 aromatic heterocycles. The molecule has 0 radical (unpaired) electrons. The number of rotatable bonds is 5. The van der Waals surface area contributed by atoms with Gasteiger partial charge in [0.1, 0.15) is 23.6 Å². The quantitative estimate of drug-likeness (QED) is 0.515. The fourth-order valence-corrected chi connectivity index (χ4v) is 3.72. The van der Waals surface area contributed by atoms with E-state index < -0.39 is 6.43 Å². The molecule has 0 spiro atoms. The zero-order chi connectivity index (χ0) is 19.8. The van der Waals surface area contributed by atoms with Crippen LogP contribution in [-0.2, 0) is 19.3 Å². The normalized spacial score (nSPS) is 13.1. The fourth-order valence-electron chi connectivity index (χ4n) is 3.72. The highest BCUT2D eigenvalue weighted by atomic mass is 19.3. The standard InChI is InChI=1S/C21H17F2N5O/c22-20(23)17-6-4-14(10-24-17)16-11-25-19(28-12-26-27-21(16)28)7-5-13-2-1-3-18-15(13)8-9-29-18/h1-4,6,10-12,20H,5,7-9H2. The highest BCUT2D eigenvalue weighted by Crippen LogP contribution is 2.29. The zero-order valence-electron chi connectivity index (χ0n) is 15.4. The molecule has 146 valence electrons. The molecule has 0 bridgehead atoms. The van der Waals surface area contributed by atoms with Crippen LogP contribution in [-0.4, -0.2) is 31.2 Å². The van der Waals surface area contributed by atoms with E-state index in [4.69, 9.17) is 4.74 Å². The van der Waals surface area contributed by atoms with E-state index in [1.165, 1.54) is 23.4 Å². The maximum Gasteiger partial charge on any atom is 0.280 e. The second kappa shape index (κ2) is 7.20. The summed E-state index contributed by atoms with van der Waals surface area (Å²) in [6.45, 7) is 0.730. The minimum atomic E-state index is -2.59. The minimum Gasteiger partial charge on any atom is -0.493 e. The Balaban J connectivity index is 1.44. The minimum absolute atomic E-state index is 0.254. The molecule has 4 heterocycles. The van der Waals surface area contributed by atoms with E-state index in [0.717, 1.165) is 31.0 Å². The number of hydrogen-bond acceptors (Lipinski definition) is 5. The van der Waals surface area contributed by atoms with E-state index in [-0.39, 0.29) is 5.69 Å². The van der Waals surface area contributed by atoms with Crippen molar-refractivity contribution >= 4 is 5.65 Å². The largest absolute Gasteiger partial charge is 0.493 e. The van der Waals surface area contributed by atoms with Gasteiger partial charge >= 0.3 is 0 Å². The van der Waals surface area contributed by atoms with E-state index in [1.54, 1.807) is 18.6 Å². The van der Waals surface area contributed by atoms with E-state index >= 15 is 0 Å². The topological polar surface area (TPSA) is 65.2 Å². The van der Waals surface area contributed by atoms with Gasteiger partial charge < -0.3 is 4.74 Å². The van der Waals surface area contributed by atoms with Gasteiger partial charge in [0.05, 0.1) is 6.61 Å². The van der Waals surface area contributed by atoms with Crippen LogP contribution in [0.25, 0.3) is 16.8 Å². The van der Waals surface area contributed by atoms with Crippen LogP contribution in [0.3, 0.4) is 0 Å². The Morgan fingerprint density at radius 3 is 2.83 bits per heavy atom. The van der Waals surface area contributed by atoms with Crippen molar-refractivity contribution in [3.8, 4) is 16.9 Å². The van der Waals surface area contributed by atoms with Crippen LogP contribution in [0.4, 0.5) is 8.78 Å². The Labute approximate surface area is 165 Å². The van der Waals surface area contributed by atoms with Gasteiger partial charge in [0.15, 0.2) is 5.65 Å². The molecule has 0 saturated carbocycles. The molecule has 0 saturated heterocycles. The van der Waals surface area contributed by atoms with Crippen molar-refractivity contribution in [1.82, 2.24) is 24.6 Å². The SMILES string of the molecule is FC(F)c1ccc(-c2cnc(CCc3cccc4c3CCO4)n3cnnc23)cn1. The first-order valence-electron chi connectivity index (χ1n) is 9.36. The number of benzene rings is 1. The summed E-state index contributed by atoms with van der Waals surface area (Å²) < 4.78 is 33.0. The van der Waals surface area contributed by atoms with Gasteiger partial charge in [-0.2, -0.15) is 0 Å². The number of fused-ring (bicyclic) bond motifs is 2. The van der Waals surface area contributed by atoms with Gasteiger partial charge in [-0.05, 0) is 24.1 Å². The monoisotopic (exact) mass is 393 g/mol. The molecule has 1 aliphatic rings. The first-order chi connectivity index (χ1) is 14.2. The molecule has 5 rings (SSSR count). The molecule has 0 unspecified atom stereocenters. The number of aryl methyl sites for hydroxylation is 2. The van der Waals surface area contributed by atoms with Crippen molar-refractivity contribution in [2.75, 3.05) is 6.61 Å². The molecular weight excluding hydrogens is 376 g/mol. The lowest BCUT2D eigenvalue weighted by atomic mass is 10.0. The average Bonchev–Trinajstić information content (AvgIpc) is 3.42. The van der Waals surface area contributed by atoms with Gasteiger partial charge in [-0.1, -0.05) is 18.2 Å². The third kappa shape index (κ3) is 3.20. The Kier molecular flexibility index (Phi) is 4.38. The first-order valence-corrected chi connectivity index (χ1v) is 9.36. The van der Waals surface area contributed by atoms with Crippen LogP contribution >= 0.6 is 0 Å². The van der Waals surface area contributed by atoms with Crippen LogP contribution in [0.2, 0.25) is 0 Å². The van der Waals surface area contributed by atoms with Crippen molar-refractivity contribution in [3.63, 3.8) is 0 Å². The lowest BCUT2D eigenvalue weighted by molar-refractivity contribution is 0.146. The predicted octanol–water partition coefficient (Wildman–Crippen LogP) is 3.84. The van der Waals surface area contributed by atoms with Crippen LogP contribution in [0, 0.1) is 0 Å². The lowest BCUT2D eigenvalue weighted by Crippen LogP contribution is -2.05.